The van der Waals surface area contributed by atoms with E-state index in [0.29, 0.717) is 22.7 Å². The van der Waals surface area contributed by atoms with Crippen LogP contribution in [0.3, 0.4) is 0 Å². The van der Waals surface area contributed by atoms with Gasteiger partial charge in [-0.2, -0.15) is 5.10 Å². The molecule has 0 spiro atoms. The number of hydrogen-bond donors (Lipinski definition) is 3. The molecule has 0 heterocycles. The maximum Gasteiger partial charge on any atom is 0.329 e. The lowest BCUT2D eigenvalue weighted by Crippen LogP contribution is -2.33. The molecule has 2 aromatic rings. The Morgan fingerprint density at radius 3 is 2.42 bits per heavy atom. The number of methoxy groups -OCH3 is 1. The van der Waals surface area contributed by atoms with Gasteiger partial charge in [-0.1, -0.05) is 24.3 Å². The Morgan fingerprint density at radius 1 is 1.04 bits per heavy atom. The van der Waals surface area contributed by atoms with Crippen LogP contribution in [0.2, 0.25) is 0 Å². The Bertz CT molecular complexity index is 787. The molecular weight excluding hydrogens is 310 g/mol. The van der Waals surface area contributed by atoms with E-state index < -0.39 is 11.8 Å². The van der Waals surface area contributed by atoms with Crippen molar-refractivity contribution in [3.63, 3.8) is 0 Å². The van der Waals surface area contributed by atoms with Crippen molar-refractivity contribution in [1.29, 1.82) is 0 Å². The Labute approximate surface area is 139 Å². The van der Waals surface area contributed by atoms with Crippen LogP contribution in [0.5, 0.6) is 11.5 Å². The fourth-order valence-corrected chi connectivity index (χ4v) is 1.95. The first kappa shape index (κ1) is 17.0. The minimum absolute atomic E-state index is 0.0338. The zero-order chi connectivity index (χ0) is 17.5. The van der Waals surface area contributed by atoms with Crippen LogP contribution in [0.15, 0.2) is 53.6 Å². The third kappa shape index (κ3) is 4.10. The highest BCUT2D eigenvalue weighted by atomic mass is 16.5. The molecule has 7 heteroatoms. The van der Waals surface area contributed by atoms with Crippen molar-refractivity contribution in [3.8, 4) is 11.5 Å². The van der Waals surface area contributed by atoms with Gasteiger partial charge < -0.3 is 15.2 Å². The molecule has 2 rings (SSSR count). The number of amides is 2. The van der Waals surface area contributed by atoms with Gasteiger partial charge >= 0.3 is 11.8 Å². The fourth-order valence-electron chi connectivity index (χ4n) is 1.95. The lowest BCUT2D eigenvalue weighted by atomic mass is 10.1. The maximum absolute atomic E-state index is 11.9. The molecule has 0 saturated carbocycles. The minimum atomic E-state index is -0.935. The van der Waals surface area contributed by atoms with E-state index in [2.05, 4.69) is 15.8 Å². The summed E-state index contributed by atoms with van der Waals surface area (Å²) in [5, 5.41) is 16.0. The van der Waals surface area contributed by atoms with Crippen molar-refractivity contribution in [2.24, 2.45) is 5.10 Å². The highest BCUT2D eigenvalue weighted by Gasteiger charge is 2.15. The number of phenolic OH excluding ortho intramolecular Hbond substituents is 1. The molecule has 124 valence electrons. The molecule has 0 aliphatic heterocycles. The number of phenols is 1. The molecular formula is C17H17N3O4. The van der Waals surface area contributed by atoms with Crippen molar-refractivity contribution in [1.82, 2.24) is 5.43 Å². The van der Waals surface area contributed by atoms with Gasteiger partial charge in [-0.25, -0.2) is 5.43 Å². The zero-order valence-corrected chi connectivity index (χ0v) is 13.2. The average Bonchev–Trinajstić information content (AvgIpc) is 2.60. The van der Waals surface area contributed by atoms with Gasteiger partial charge in [0.25, 0.3) is 0 Å². The molecule has 0 aromatic heterocycles. The number of benzene rings is 2. The monoisotopic (exact) mass is 327 g/mol. The van der Waals surface area contributed by atoms with Crippen LogP contribution in [0.1, 0.15) is 12.5 Å². The van der Waals surface area contributed by atoms with Crippen LogP contribution < -0.4 is 15.5 Å². The number of hydrazone groups is 1. The van der Waals surface area contributed by atoms with Crippen LogP contribution in [0.4, 0.5) is 5.69 Å². The number of aromatic hydroxyl groups is 1. The van der Waals surface area contributed by atoms with Gasteiger partial charge in [-0.15, -0.1) is 0 Å². The Hall–Kier alpha value is -3.35. The first-order valence-corrected chi connectivity index (χ1v) is 7.10. The van der Waals surface area contributed by atoms with Crippen LogP contribution in [-0.2, 0) is 9.59 Å². The SMILES string of the molecule is COc1ccccc1NC(=O)C(=O)N/N=C(\C)c1ccccc1O. The van der Waals surface area contributed by atoms with E-state index in [4.69, 9.17) is 4.74 Å². The highest BCUT2D eigenvalue weighted by molar-refractivity contribution is 6.39. The van der Waals surface area contributed by atoms with Crippen LogP contribution in [0.25, 0.3) is 0 Å². The van der Waals surface area contributed by atoms with E-state index in [-0.39, 0.29) is 5.75 Å². The van der Waals surface area contributed by atoms with Crippen molar-refractivity contribution < 1.29 is 19.4 Å². The van der Waals surface area contributed by atoms with Gasteiger partial charge in [0.15, 0.2) is 0 Å². The summed E-state index contributed by atoms with van der Waals surface area (Å²) >= 11 is 0. The van der Waals surface area contributed by atoms with Crippen LogP contribution >= 0.6 is 0 Å². The molecule has 2 amide bonds. The van der Waals surface area contributed by atoms with Gasteiger partial charge in [0, 0.05) is 5.56 Å². The summed E-state index contributed by atoms with van der Waals surface area (Å²) in [5.41, 5.74) is 3.36. The summed E-state index contributed by atoms with van der Waals surface area (Å²) in [4.78, 5) is 23.7. The van der Waals surface area contributed by atoms with Crippen LogP contribution in [0, 0.1) is 0 Å². The first-order chi connectivity index (χ1) is 11.5. The molecule has 3 N–H and O–H groups in total. The lowest BCUT2D eigenvalue weighted by Gasteiger charge is -2.09. The van der Waals surface area contributed by atoms with Crippen LogP contribution in [-0.4, -0.2) is 29.7 Å². The van der Waals surface area contributed by atoms with E-state index >= 15 is 0 Å². The standard InChI is InChI=1S/C17H17N3O4/c1-11(12-7-3-5-9-14(12)21)19-20-17(23)16(22)18-13-8-4-6-10-15(13)24-2/h3-10,21H,1-2H3,(H,18,22)(H,20,23)/b19-11+. The summed E-state index contributed by atoms with van der Waals surface area (Å²) in [7, 11) is 1.46. The number of rotatable bonds is 4. The predicted octanol–water partition coefficient (Wildman–Crippen LogP) is 1.88. The normalized spacial score (nSPS) is 10.8. The molecule has 0 aliphatic rings. The largest absolute Gasteiger partial charge is 0.507 e. The maximum atomic E-state index is 11.9. The molecule has 0 unspecified atom stereocenters. The minimum Gasteiger partial charge on any atom is -0.507 e. The number of hydrogen-bond acceptors (Lipinski definition) is 5. The predicted molar refractivity (Wildman–Crippen MR) is 90.1 cm³/mol. The number of nitrogens with zero attached hydrogens (tertiary/aromatic N) is 1. The number of carbonyl (C=O) groups excluding carboxylic acids is 2. The van der Waals surface area contributed by atoms with E-state index in [1.54, 1.807) is 49.4 Å². The second-order valence-electron chi connectivity index (χ2n) is 4.81. The molecule has 0 fully saturated rings. The highest BCUT2D eigenvalue weighted by Crippen LogP contribution is 2.22. The second-order valence-corrected chi connectivity index (χ2v) is 4.81. The number of nitrogens with one attached hydrogen (secondary N) is 2. The van der Waals surface area contributed by atoms with E-state index in [0.717, 1.165) is 0 Å². The van der Waals surface area contributed by atoms with Gasteiger partial charge in [0.2, 0.25) is 0 Å². The van der Waals surface area contributed by atoms with Crippen molar-refractivity contribution in [3.05, 3.63) is 54.1 Å². The average molecular weight is 327 g/mol. The number of carbonyl (C=O) groups is 2. The molecule has 7 nitrogen and oxygen atoms in total. The topological polar surface area (TPSA) is 100 Å². The smallest absolute Gasteiger partial charge is 0.329 e. The van der Waals surface area contributed by atoms with Crippen molar-refractivity contribution in [2.45, 2.75) is 6.92 Å². The summed E-state index contributed by atoms with van der Waals surface area (Å²) < 4.78 is 5.09. The Morgan fingerprint density at radius 2 is 1.71 bits per heavy atom. The fraction of sp³-hybridized carbons (Fsp3) is 0.118. The summed E-state index contributed by atoms with van der Waals surface area (Å²) in [6, 6.07) is 13.3. The lowest BCUT2D eigenvalue weighted by molar-refractivity contribution is -0.136. The van der Waals surface area contributed by atoms with Crippen molar-refractivity contribution in [2.75, 3.05) is 12.4 Å². The molecule has 0 atom stereocenters. The molecule has 0 bridgehead atoms. The van der Waals surface area contributed by atoms with Gasteiger partial charge in [-0.3, -0.25) is 9.59 Å². The molecule has 2 aromatic carbocycles. The molecule has 24 heavy (non-hydrogen) atoms. The third-order valence-corrected chi connectivity index (χ3v) is 3.18. The Balaban J connectivity index is 2.03. The van der Waals surface area contributed by atoms with E-state index in [1.165, 1.54) is 13.2 Å². The second kappa shape index (κ2) is 7.77. The number of para-hydroxylation sites is 3. The Kier molecular flexibility index (Phi) is 5.51. The van der Waals surface area contributed by atoms with Gasteiger partial charge in [-0.05, 0) is 31.2 Å². The summed E-state index contributed by atoms with van der Waals surface area (Å²) in [6.07, 6.45) is 0. The van der Waals surface area contributed by atoms with Crippen molar-refractivity contribution >= 4 is 23.2 Å². The summed E-state index contributed by atoms with van der Waals surface area (Å²) in [5.74, 6) is -1.34. The quantitative estimate of drug-likeness (QED) is 0.453. The molecule has 0 radical (unpaired) electrons. The third-order valence-electron chi connectivity index (χ3n) is 3.18. The van der Waals surface area contributed by atoms with Gasteiger partial charge in [0.1, 0.15) is 11.5 Å². The molecule has 0 aliphatic carbocycles. The van der Waals surface area contributed by atoms with E-state index in [9.17, 15) is 14.7 Å². The zero-order valence-electron chi connectivity index (χ0n) is 13.2. The molecule has 0 saturated heterocycles. The number of anilines is 1. The first-order valence-electron chi connectivity index (χ1n) is 7.10. The number of ether oxygens (including phenoxy) is 1. The van der Waals surface area contributed by atoms with Gasteiger partial charge in [0.05, 0.1) is 18.5 Å². The van der Waals surface area contributed by atoms with E-state index in [1.807, 2.05) is 0 Å². The summed E-state index contributed by atoms with van der Waals surface area (Å²) in [6.45, 7) is 1.60.